The van der Waals surface area contributed by atoms with Crippen LogP contribution in [0.3, 0.4) is 0 Å². The quantitative estimate of drug-likeness (QED) is 0.403. The van der Waals surface area contributed by atoms with Gasteiger partial charge in [-0.15, -0.1) is 0 Å². The predicted octanol–water partition coefficient (Wildman–Crippen LogP) is 6.59. The maximum absolute atomic E-state index is 13.9. The lowest BCUT2D eigenvalue weighted by molar-refractivity contribution is -0.154. The molecule has 0 bridgehead atoms. The van der Waals surface area contributed by atoms with Gasteiger partial charge in [-0.05, 0) is 62.3 Å². The van der Waals surface area contributed by atoms with Crippen molar-refractivity contribution in [3.05, 3.63) is 63.0 Å². The van der Waals surface area contributed by atoms with E-state index in [1.807, 2.05) is 18.7 Å². The molecule has 0 unspecified atom stereocenters. The van der Waals surface area contributed by atoms with E-state index in [4.69, 9.17) is 20.8 Å². The highest BCUT2D eigenvalue weighted by molar-refractivity contribution is 6.30. The zero-order chi connectivity index (χ0) is 23.5. The lowest BCUT2D eigenvalue weighted by Crippen LogP contribution is -2.25. The van der Waals surface area contributed by atoms with Gasteiger partial charge in [-0.25, -0.2) is 0 Å². The molecule has 1 N–H and O–H groups in total. The average Bonchev–Trinajstić information content (AvgIpc) is 2.73. The van der Waals surface area contributed by atoms with Crippen LogP contribution < -0.4 is 10.2 Å². The Morgan fingerprint density at radius 1 is 1.06 bits per heavy atom. The lowest BCUT2D eigenvalue weighted by atomic mass is 10.1. The zero-order valence-corrected chi connectivity index (χ0v) is 18.4. The second kappa shape index (κ2) is 9.83. The number of benzene rings is 2. The molecule has 0 saturated carbocycles. The standard InChI is InChI=1S/C23H23ClF3NO4/c1-3-11-28(12-4-2)13-17-18(29)10-9-16-19(30)21(22(23(25,26)27)32-20(16)17)31-15-7-5-14(24)6-8-15/h5-10,29H,3-4,11-13H2,1-2H3. The minimum atomic E-state index is -5.00. The first kappa shape index (κ1) is 23.9. The Morgan fingerprint density at radius 2 is 1.69 bits per heavy atom. The van der Waals surface area contributed by atoms with Crippen LogP contribution in [0.5, 0.6) is 17.2 Å². The van der Waals surface area contributed by atoms with Gasteiger partial charge < -0.3 is 14.3 Å². The van der Waals surface area contributed by atoms with E-state index >= 15 is 0 Å². The third-order valence-electron chi connectivity index (χ3n) is 4.85. The highest BCUT2D eigenvalue weighted by Gasteiger charge is 2.41. The maximum Gasteiger partial charge on any atom is 0.453 e. The normalized spacial score (nSPS) is 12.0. The van der Waals surface area contributed by atoms with E-state index in [-0.39, 0.29) is 34.6 Å². The van der Waals surface area contributed by atoms with Gasteiger partial charge in [-0.2, -0.15) is 13.2 Å². The van der Waals surface area contributed by atoms with Crippen molar-refractivity contribution in [1.82, 2.24) is 4.90 Å². The summed E-state index contributed by atoms with van der Waals surface area (Å²) >= 11 is 5.80. The maximum atomic E-state index is 13.9. The van der Waals surface area contributed by atoms with Crippen LogP contribution in [-0.2, 0) is 12.7 Å². The second-order valence-electron chi connectivity index (χ2n) is 7.36. The summed E-state index contributed by atoms with van der Waals surface area (Å²) in [6, 6.07) is 8.07. The summed E-state index contributed by atoms with van der Waals surface area (Å²) in [7, 11) is 0. The van der Waals surface area contributed by atoms with E-state index in [0.29, 0.717) is 18.1 Å². The first-order valence-electron chi connectivity index (χ1n) is 10.2. The van der Waals surface area contributed by atoms with Crippen LogP contribution in [-0.4, -0.2) is 23.1 Å². The number of alkyl halides is 3. The lowest BCUT2D eigenvalue weighted by Gasteiger charge is -2.22. The minimum Gasteiger partial charge on any atom is -0.507 e. The highest BCUT2D eigenvalue weighted by Crippen LogP contribution is 2.40. The van der Waals surface area contributed by atoms with Gasteiger partial charge in [0.2, 0.25) is 11.2 Å². The molecular formula is C23H23ClF3NO4. The number of ether oxygens (including phenoxy) is 1. The van der Waals surface area contributed by atoms with Crippen molar-refractivity contribution < 1.29 is 27.4 Å². The molecule has 1 heterocycles. The first-order chi connectivity index (χ1) is 15.2. The summed E-state index contributed by atoms with van der Waals surface area (Å²) in [5.41, 5.74) is -1.15. The molecule has 9 heteroatoms. The molecule has 3 aromatic rings. The Balaban J connectivity index is 2.20. The van der Waals surface area contributed by atoms with Crippen LogP contribution in [0.2, 0.25) is 5.02 Å². The fourth-order valence-electron chi connectivity index (χ4n) is 3.47. The van der Waals surface area contributed by atoms with Gasteiger partial charge in [0.25, 0.3) is 5.76 Å². The molecule has 5 nitrogen and oxygen atoms in total. The SMILES string of the molecule is CCCN(CCC)Cc1c(O)ccc2c(=O)c(Oc3ccc(Cl)cc3)c(C(F)(F)F)oc12. The molecule has 0 aliphatic heterocycles. The number of phenols is 1. The highest BCUT2D eigenvalue weighted by atomic mass is 35.5. The molecule has 0 amide bonds. The van der Waals surface area contributed by atoms with Crippen LogP contribution in [0.15, 0.2) is 45.6 Å². The van der Waals surface area contributed by atoms with Crippen LogP contribution in [0.1, 0.15) is 38.0 Å². The number of nitrogens with zero attached hydrogens (tertiary/aromatic N) is 1. The van der Waals surface area contributed by atoms with E-state index in [2.05, 4.69) is 0 Å². The van der Waals surface area contributed by atoms with Gasteiger partial charge in [0.05, 0.1) is 10.9 Å². The van der Waals surface area contributed by atoms with Crippen molar-refractivity contribution in [3.63, 3.8) is 0 Å². The molecule has 0 atom stereocenters. The average molecular weight is 470 g/mol. The molecule has 3 rings (SSSR count). The van der Waals surface area contributed by atoms with Gasteiger partial charge in [-0.3, -0.25) is 9.69 Å². The molecule has 0 radical (unpaired) electrons. The molecule has 0 aliphatic rings. The number of rotatable bonds is 8. The van der Waals surface area contributed by atoms with Gasteiger partial charge in [0, 0.05) is 11.6 Å². The van der Waals surface area contributed by atoms with Gasteiger partial charge >= 0.3 is 6.18 Å². The van der Waals surface area contributed by atoms with Crippen molar-refractivity contribution in [2.75, 3.05) is 13.1 Å². The van der Waals surface area contributed by atoms with Crippen LogP contribution >= 0.6 is 11.6 Å². The van der Waals surface area contributed by atoms with Crippen molar-refractivity contribution in [1.29, 1.82) is 0 Å². The molecular weight excluding hydrogens is 447 g/mol. The molecule has 0 saturated heterocycles. The van der Waals surface area contributed by atoms with E-state index in [1.54, 1.807) is 0 Å². The zero-order valence-electron chi connectivity index (χ0n) is 17.6. The number of halogens is 4. The fraction of sp³-hybridized carbons (Fsp3) is 0.348. The summed E-state index contributed by atoms with van der Waals surface area (Å²) in [4.78, 5) is 15.0. The summed E-state index contributed by atoms with van der Waals surface area (Å²) in [6.45, 7) is 5.46. The number of hydrogen-bond acceptors (Lipinski definition) is 5. The minimum absolute atomic E-state index is 0.00242. The Bertz CT molecular complexity index is 1140. The molecule has 0 spiro atoms. The van der Waals surface area contributed by atoms with Crippen molar-refractivity contribution in [3.8, 4) is 17.2 Å². The molecule has 2 aromatic carbocycles. The largest absolute Gasteiger partial charge is 0.507 e. The molecule has 1 aromatic heterocycles. The number of fused-ring (bicyclic) bond motifs is 1. The monoisotopic (exact) mass is 469 g/mol. The van der Waals surface area contributed by atoms with Crippen molar-refractivity contribution in [2.45, 2.75) is 39.4 Å². The van der Waals surface area contributed by atoms with Crippen molar-refractivity contribution >= 4 is 22.6 Å². The van der Waals surface area contributed by atoms with Crippen LogP contribution in [0.4, 0.5) is 13.2 Å². The second-order valence-corrected chi connectivity index (χ2v) is 7.80. The van der Waals surface area contributed by atoms with Crippen LogP contribution in [0.25, 0.3) is 11.0 Å². The number of hydrogen-bond donors (Lipinski definition) is 1. The van der Waals surface area contributed by atoms with E-state index in [1.165, 1.54) is 36.4 Å². The summed E-state index contributed by atoms with van der Waals surface area (Å²) in [5.74, 6) is -2.77. The summed E-state index contributed by atoms with van der Waals surface area (Å²) < 4.78 is 52.1. The predicted molar refractivity (Wildman–Crippen MR) is 117 cm³/mol. The third-order valence-corrected chi connectivity index (χ3v) is 5.10. The Labute approximate surface area is 188 Å². The van der Waals surface area contributed by atoms with E-state index in [9.17, 15) is 23.1 Å². The fourth-order valence-corrected chi connectivity index (χ4v) is 3.59. The molecule has 0 aliphatic carbocycles. The van der Waals surface area contributed by atoms with E-state index in [0.717, 1.165) is 12.8 Å². The summed E-state index contributed by atoms with van der Waals surface area (Å²) in [6.07, 6.45) is -3.35. The van der Waals surface area contributed by atoms with Crippen LogP contribution in [0, 0.1) is 0 Å². The number of aromatic hydroxyl groups is 1. The smallest absolute Gasteiger partial charge is 0.453 e. The van der Waals surface area contributed by atoms with Crippen molar-refractivity contribution in [2.24, 2.45) is 0 Å². The summed E-state index contributed by atoms with van der Waals surface area (Å²) in [5, 5.41) is 10.7. The van der Waals surface area contributed by atoms with Gasteiger partial charge in [0.15, 0.2) is 0 Å². The number of phenolic OH excluding ortho intramolecular Hbond substituents is 1. The third kappa shape index (κ3) is 5.19. The van der Waals surface area contributed by atoms with Gasteiger partial charge in [-0.1, -0.05) is 25.4 Å². The Kier molecular flexibility index (Phi) is 7.36. The first-order valence-corrected chi connectivity index (χ1v) is 10.6. The van der Waals surface area contributed by atoms with E-state index < -0.39 is 23.1 Å². The molecule has 32 heavy (non-hydrogen) atoms. The Hall–Kier alpha value is -2.71. The Morgan fingerprint density at radius 3 is 2.25 bits per heavy atom. The molecule has 172 valence electrons. The van der Waals surface area contributed by atoms with Gasteiger partial charge in [0.1, 0.15) is 17.1 Å². The topological polar surface area (TPSA) is 62.9 Å². The molecule has 0 fully saturated rings.